The maximum atomic E-state index is 12.6. The van der Waals surface area contributed by atoms with Crippen molar-refractivity contribution in [1.29, 1.82) is 0 Å². The molecule has 0 N–H and O–H groups in total. The number of nitrogens with zero attached hydrogens (tertiary/aromatic N) is 1. The summed E-state index contributed by atoms with van der Waals surface area (Å²) in [5, 5.41) is 0. The Kier molecular flexibility index (Phi) is 6.01. The first-order chi connectivity index (χ1) is 13.1. The summed E-state index contributed by atoms with van der Waals surface area (Å²) in [5.74, 6) is 2.17. The third-order valence-electron chi connectivity index (χ3n) is 4.64. The summed E-state index contributed by atoms with van der Waals surface area (Å²) in [6, 6.07) is 11.7. The molecule has 1 aliphatic heterocycles. The van der Waals surface area contributed by atoms with Gasteiger partial charge in [-0.2, -0.15) is 0 Å². The summed E-state index contributed by atoms with van der Waals surface area (Å²) >= 11 is 0. The van der Waals surface area contributed by atoms with Gasteiger partial charge >= 0.3 is 0 Å². The predicted octanol–water partition coefficient (Wildman–Crippen LogP) is 3.70. The quantitative estimate of drug-likeness (QED) is 0.731. The average molecular weight is 367 g/mol. The highest BCUT2D eigenvalue weighted by Crippen LogP contribution is 2.29. The lowest BCUT2D eigenvalue weighted by molar-refractivity contribution is -0.126. The minimum atomic E-state index is -0.00255. The van der Waals surface area contributed by atoms with Crippen LogP contribution in [0.15, 0.2) is 42.5 Å². The molecule has 5 nitrogen and oxygen atoms in total. The van der Waals surface area contributed by atoms with Crippen molar-refractivity contribution in [2.24, 2.45) is 0 Å². The highest BCUT2D eigenvalue weighted by atomic mass is 16.5. The van der Waals surface area contributed by atoms with Crippen LogP contribution in [0, 0.1) is 0 Å². The lowest BCUT2D eigenvalue weighted by atomic mass is 9.99. The second-order valence-corrected chi connectivity index (χ2v) is 6.32. The van der Waals surface area contributed by atoms with Gasteiger partial charge in [0.2, 0.25) is 5.91 Å². The molecule has 0 aliphatic carbocycles. The number of hydrogen-bond acceptors (Lipinski definition) is 4. The van der Waals surface area contributed by atoms with E-state index in [1.54, 1.807) is 20.3 Å². The number of fused-ring (bicyclic) bond motifs is 1. The normalized spacial score (nSPS) is 13.4. The van der Waals surface area contributed by atoms with E-state index in [1.807, 2.05) is 48.2 Å². The van der Waals surface area contributed by atoms with E-state index in [0.717, 1.165) is 29.8 Å². The molecule has 2 aromatic rings. The van der Waals surface area contributed by atoms with Gasteiger partial charge in [-0.3, -0.25) is 4.79 Å². The maximum absolute atomic E-state index is 12.6. The van der Waals surface area contributed by atoms with Crippen LogP contribution in [0.4, 0.5) is 0 Å². The van der Waals surface area contributed by atoms with E-state index in [2.05, 4.69) is 6.07 Å². The van der Waals surface area contributed by atoms with Crippen molar-refractivity contribution in [2.45, 2.75) is 19.9 Å². The highest BCUT2D eigenvalue weighted by Gasteiger charge is 2.19. The van der Waals surface area contributed by atoms with E-state index >= 15 is 0 Å². The van der Waals surface area contributed by atoms with Gasteiger partial charge in [0, 0.05) is 19.2 Å². The van der Waals surface area contributed by atoms with E-state index in [0.29, 0.717) is 24.7 Å². The topological polar surface area (TPSA) is 48.0 Å². The summed E-state index contributed by atoms with van der Waals surface area (Å²) in [7, 11) is 3.27. The van der Waals surface area contributed by atoms with Crippen LogP contribution < -0.4 is 14.2 Å². The van der Waals surface area contributed by atoms with Gasteiger partial charge in [-0.25, -0.2) is 0 Å². The SMILES string of the molecule is CCOc1cc(/C=C/C(=O)N2CCc3ccc(OC)cc3C2)ccc1OC. The van der Waals surface area contributed by atoms with Crippen molar-refractivity contribution in [1.82, 2.24) is 4.90 Å². The van der Waals surface area contributed by atoms with E-state index in [-0.39, 0.29) is 5.91 Å². The Bertz CT molecular complexity index is 844. The molecule has 0 fully saturated rings. The van der Waals surface area contributed by atoms with Crippen LogP contribution in [0.2, 0.25) is 0 Å². The largest absolute Gasteiger partial charge is 0.497 e. The van der Waals surface area contributed by atoms with Gasteiger partial charge in [-0.05, 0) is 60.4 Å². The van der Waals surface area contributed by atoms with Gasteiger partial charge in [-0.15, -0.1) is 0 Å². The number of ether oxygens (including phenoxy) is 3. The van der Waals surface area contributed by atoms with Crippen molar-refractivity contribution >= 4 is 12.0 Å². The van der Waals surface area contributed by atoms with E-state index in [1.165, 1.54) is 5.56 Å². The first-order valence-electron chi connectivity index (χ1n) is 9.08. The third kappa shape index (κ3) is 4.42. The zero-order chi connectivity index (χ0) is 19.2. The number of carbonyl (C=O) groups excluding carboxylic acids is 1. The summed E-state index contributed by atoms with van der Waals surface area (Å²) in [6.07, 6.45) is 4.28. The molecule has 1 aliphatic rings. The highest BCUT2D eigenvalue weighted by molar-refractivity contribution is 5.92. The number of amides is 1. The second kappa shape index (κ2) is 8.62. The minimum Gasteiger partial charge on any atom is -0.497 e. The molecule has 2 aromatic carbocycles. The van der Waals surface area contributed by atoms with Crippen molar-refractivity contribution in [2.75, 3.05) is 27.4 Å². The Morgan fingerprint density at radius 1 is 1.07 bits per heavy atom. The van der Waals surface area contributed by atoms with Crippen molar-refractivity contribution in [3.05, 3.63) is 59.2 Å². The van der Waals surface area contributed by atoms with Crippen LogP contribution in [0.3, 0.4) is 0 Å². The molecule has 0 aromatic heterocycles. The standard InChI is InChI=1S/C22H25NO4/c1-4-27-21-13-16(5-9-20(21)26-3)6-10-22(24)23-12-11-17-7-8-19(25-2)14-18(17)15-23/h5-10,13-14H,4,11-12,15H2,1-3H3/b10-6+. The van der Waals surface area contributed by atoms with Crippen LogP contribution in [-0.4, -0.2) is 38.2 Å². The third-order valence-corrected chi connectivity index (χ3v) is 4.64. The molecule has 1 amide bonds. The molecular weight excluding hydrogens is 342 g/mol. The summed E-state index contributed by atoms with van der Waals surface area (Å²) in [4.78, 5) is 14.5. The van der Waals surface area contributed by atoms with Gasteiger partial charge in [0.25, 0.3) is 0 Å². The molecular formula is C22H25NO4. The molecule has 0 spiro atoms. The molecule has 0 saturated heterocycles. The molecule has 0 saturated carbocycles. The van der Waals surface area contributed by atoms with Gasteiger partial charge < -0.3 is 19.1 Å². The van der Waals surface area contributed by atoms with Crippen LogP contribution in [-0.2, 0) is 17.8 Å². The Balaban J connectivity index is 1.71. The van der Waals surface area contributed by atoms with E-state index < -0.39 is 0 Å². The van der Waals surface area contributed by atoms with Crippen LogP contribution in [0.25, 0.3) is 6.08 Å². The molecule has 1 heterocycles. The number of hydrogen-bond donors (Lipinski definition) is 0. The lowest BCUT2D eigenvalue weighted by Crippen LogP contribution is -2.34. The fourth-order valence-corrected chi connectivity index (χ4v) is 3.19. The molecule has 27 heavy (non-hydrogen) atoms. The summed E-state index contributed by atoms with van der Waals surface area (Å²) in [5.41, 5.74) is 3.32. The number of carbonyl (C=O) groups is 1. The average Bonchev–Trinajstić information content (AvgIpc) is 2.71. The smallest absolute Gasteiger partial charge is 0.246 e. The second-order valence-electron chi connectivity index (χ2n) is 6.32. The molecule has 3 rings (SSSR count). The Morgan fingerprint density at radius 2 is 1.93 bits per heavy atom. The zero-order valence-corrected chi connectivity index (χ0v) is 16.0. The Morgan fingerprint density at radius 3 is 2.67 bits per heavy atom. The number of rotatable bonds is 6. The Labute approximate surface area is 160 Å². The molecule has 0 unspecified atom stereocenters. The predicted molar refractivity (Wildman–Crippen MR) is 105 cm³/mol. The van der Waals surface area contributed by atoms with Gasteiger partial charge in [0.1, 0.15) is 5.75 Å². The van der Waals surface area contributed by atoms with Crippen molar-refractivity contribution in [3.63, 3.8) is 0 Å². The molecule has 0 radical (unpaired) electrons. The molecule has 5 heteroatoms. The van der Waals surface area contributed by atoms with Crippen LogP contribution >= 0.6 is 0 Å². The first kappa shape index (κ1) is 18.8. The minimum absolute atomic E-state index is 0.00255. The zero-order valence-electron chi connectivity index (χ0n) is 16.0. The molecule has 0 atom stereocenters. The van der Waals surface area contributed by atoms with Gasteiger partial charge in [0.05, 0.1) is 20.8 Å². The van der Waals surface area contributed by atoms with Crippen molar-refractivity contribution < 1.29 is 19.0 Å². The first-order valence-corrected chi connectivity index (χ1v) is 9.08. The molecule has 0 bridgehead atoms. The fraction of sp³-hybridized carbons (Fsp3) is 0.318. The maximum Gasteiger partial charge on any atom is 0.246 e. The number of benzene rings is 2. The summed E-state index contributed by atoms with van der Waals surface area (Å²) < 4.78 is 16.2. The van der Waals surface area contributed by atoms with Crippen LogP contribution in [0.1, 0.15) is 23.6 Å². The van der Waals surface area contributed by atoms with E-state index in [4.69, 9.17) is 14.2 Å². The van der Waals surface area contributed by atoms with Gasteiger partial charge in [-0.1, -0.05) is 12.1 Å². The van der Waals surface area contributed by atoms with E-state index in [9.17, 15) is 4.79 Å². The monoisotopic (exact) mass is 367 g/mol. The number of methoxy groups -OCH3 is 2. The van der Waals surface area contributed by atoms with Crippen LogP contribution in [0.5, 0.6) is 17.2 Å². The molecule has 142 valence electrons. The van der Waals surface area contributed by atoms with Gasteiger partial charge in [0.15, 0.2) is 11.5 Å². The van der Waals surface area contributed by atoms with Crippen molar-refractivity contribution in [3.8, 4) is 17.2 Å². The lowest BCUT2D eigenvalue weighted by Gasteiger charge is -2.28. The fourth-order valence-electron chi connectivity index (χ4n) is 3.19. The Hall–Kier alpha value is -2.95. The summed E-state index contributed by atoms with van der Waals surface area (Å²) in [6.45, 7) is 3.80.